The second kappa shape index (κ2) is 8.37. The van der Waals surface area contributed by atoms with Gasteiger partial charge in [0.2, 0.25) is 5.78 Å². The molecule has 1 rings (SSSR count). The van der Waals surface area contributed by atoms with E-state index >= 15 is 0 Å². The van der Waals surface area contributed by atoms with Gasteiger partial charge in [-0.15, -0.1) is 0 Å². The molecule has 0 saturated carbocycles. The lowest BCUT2D eigenvalue weighted by Gasteiger charge is -2.31. The van der Waals surface area contributed by atoms with E-state index < -0.39 is 17.3 Å². The van der Waals surface area contributed by atoms with Crippen molar-refractivity contribution in [1.82, 2.24) is 0 Å². The predicted octanol–water partition coefficient (Wildman–Crippen LogP) is 4.85. The number of hydrogen-bond acceptors (Lipinski definition) is 2. The molecule has 4 heteroatoms. The number of benzene rings is 1. The van der Waals surface area contributed by atoms with E-state index in [4.69, 9.17) is 0 Å². The summed E-state index contributed by atoms with van der Waals surface area (Å²) in [6, 6.07) is 7.63. The first-order valence-electron chi connectivity index (χ1n) is 8.03. The van der Waals surface area contributed by atoms with Crippen LogP contribution in [0.3, 0.4) is 0 Å². The third kappa shape index (κ3) is 4.60. The van der Waals surface area contributed by atoms with Crippen molar-refractivity contribution in [2.24, 2.45) is 0 Å². The largest absolute Gasteiger partial charge is 0.379 e. The van der Waals surface area contributed by atoms with Gasteiger partial charge in [-0.2, -0.15) is 8.78 Å². The van der Waals surface area contributed by atoms with Gasteiger partial charge in [0.25, 0.3) is 0 Å². The molecule has 0 aliphatic rings. The summed E-state index contributed by atoms with van der Waals surface area (Å²) in [6.07, 6.45) is 5.31. The molecule has 0 aliphatic carbocycles. The fourth-order valence-corrected chi connectivity index (χ4v) is 2.44. The van der Waals surface area contributed by atoms with Crippen molar-refractivity contribution in [3.8, 4) is 0 Å². The van der Waals surface area contributed by atoms with Crippen molar-refractivity contribution in [2.75, 3.05) is 0 Å². The Labute approximate surface area is 131 Å². The molecule has 124 valence electrons. The molecule has 1 aromatic carbocycles. The lowest BCUT2D eigenvalue weighted by Crippen LogP contribution is -2.48. The highest BCUT2D eigenvalue weighted by atomic mass is 19.3. The summed E-state index contributed by atoms with van der Waals surface area (Å²) in [5.74, 6) is -4.96. The minimum atomic E-state index is -3.78. The van der Waals surface area contributed by atoms with E-state index in [2.05, 4.69) is 6.92 Å². The summed E-state index contributed by atoms with van der Waals surface area (Å²) in [7, 11) is 0. The molecule has 1 atom stereocenters. The Morgan fingerprint density at radius 3 is 2.18 bits per heavy atom. The fraction of sp³-hybridized carbons (Fsp3) is 0.611. The van der Waals surface area contributed by atoms with Crippen LogP contribution in [-0.4, -0.2) is 16.8 Å². The molecule has 22 heavy (non-hydrogen) atoms. The van der Waals surface area contributed by atoms with Crippen LogP contribution in [0.1, 0.15) is 64.4 Å². The maximum Gasteiger partial charge on any atom is 0.337 e. The quantitative estimate of drug-likeness (QED) is 0.627. The van der Waals surface area contributed by atoms with Crippen LogP contribution in [0.4, 0.5) is 8.78 Å². The van der Waals surface area contributed by atoms with E-state index in [-0.39, 0.29) is 12.0 Å². The van der Waals surface area contributed by atoms with E-state index in [1.54, 1.807) is 18.2 Å². The Morgan fingerprint density at radius 2 is 1.59 bits per heavy atom. The second-order valence-electron chi connectivity index (χ2n) is 5.95. The Balaban J connectivity index is 2.59. The van der Waals surface area contributed by atoms with E-state index in [9.17, 15) is 18.7 Å². The number of aliphatic hydroxyl groups is 1. The third-order valence-electron chi connectivity index (χ3n) is 4.05. The molecular formula is C18H26F2O2. The number of carbonyl (C=O) groups is 1. The standard InChI is InChI=1S/C18H26F2O2/c1-3-4-5-6-7-11-14-16(21)18(19,20)17(2,22)15-12-9-8-10-13-15/h8-10,12-13,22H,3-7,11,14H2,1-2H3. The number of ketones is 1. The lowest BCUT2D eigenvalue weighted by atomic mass is 9.85. The molecule has 1 unspecified atom stereocenters. The molecule has 0 radical (unpaired) electrons. The van der Waals surface area contributed by atoms with Crippen LogP contribution in [0.15, 0.2) is 30.3 Å². The van der Waals surface area contributed by atoms with E-state index in [1.807, 2.05) is 0 Å². The van der Waals surface area contributed by atoms with Gasteiger partial charge in [-0.05, 0) is 18.9 Å². The zero-order valence-corrected chi connectivity index (χ0v) is 13.4. The van der Waals surface area contributed by atoms with Gasteiger partial charge in [-0.25, -0.2) is 0 Å². The SMILES string of the molecule is CCCCCCCCC(=O)C(F)(F)C(C)(O)c1ccccc1. The average molecular weight is 312 g/mol. The van der Waals surface area contributed by atoms with Crippen molar-refractivity contribution in [2.45, 2.75) is 70.3 Å². The first kappa shape index (κ1) is 18.8. The summed E-state index contributed by atoms with van der Waals surface area (Å²) in [4.78, 5) is 11.9. The Kier molecular flexibility index (Phi) is 7.14. The monoisotopic (exact) mass is 312 g/mol. The molecule has 1 N–H and O–H groups in total. The van der Waals surface area contributed by atoms with Crippen LogP contribution in [0.2, 0.25) is 0 Å². The minimum absolute atomic E-state index is 0.0521. The number of alkyl halides is 2. The molecule has 0 heterocycles. The molecule has 1 aromatic rings. The molecular weight excluding hydrogens is 286 g/mol. The number of Topliss-reactive ketones (excluding diaryl/α,β-unsaturated/α-hetero) is 1. The van der Waals surface area contributed by atoms with E-state index in [0.29, 0.717) is 6.42 Å². The van der Waals surface area contributed by atoms with E-state index in [0.717, 1.165) is 39.0 Å². The van der Waals surface area contributed by atoms with Gasteiger partial charge < -0.3 is 5.11 Å². The molecule has 0 spiro atoms. The number of rotatable bonds is 10. The van der Waals surface area contributed by atoms with Crippen LogP contribution < -0.4 is 0 Å². The van der Waals surface area contributed by atoms with Crippen molar-refractivity contribution in [3.63, 3.8) is 0 Å². The highest BCUT2D eigenvalue weighted by Crippen LogP contribution is 2.39. The molecule has 0 fully saturated rings. The topological polar surface area (TPSA) is 37.3 Å². The van der Waals surface area contributed by atoms with Gasteiger partial charge in [0.1, 0.15) is 0 Å². The predicted molar refractivity (Wildman–Crippen MR) is 84.0 cm³/mol. The number of unbranched alkanes of at least 4 members (excludes halogenated alkanes) is 5. The van der Waals surface area contributed by atoms with Crippen LogP contribution in [-0.2, 0) is 10.4 Å². The minimum Gasteiger partial charge on any atom is -0.379 e. The van der Waals surface area contributed by atoms with Gasteiger partial charge in [0, 0.05) is 6.42 Å². The number of halogens is 2. The first-order chi connectivity index (χ1) is 10.3. The summed E-state index contributed by atoms with van der Waals surface area (Å²) in [6.45, 7) is 3.11. The summed E-state index contributed by atoms with van der Waals surface area (Å²) in [5.41, 5.74) is -2.43. The highest BCUT2D eigenvalue weighted by Gasteiger charge is 2.55. The van der Waals surface area contributed by atoms with Crippen LogP contribution in [0.25, 0.3) is 0 Å². The van der Waals surface area contributed by atoms with Crippen LogP contribution >= 0.6 is 0 Å². The smallest absolute Gasteiger partial charge is 0.337 e. The Bertz CT molecular complexity index is 455. The van der Waals surface area contributed by atoms with Crippen molar-refractivity contribution in [3.05, 3.63) is 35.9 Å². The first-order valence-corrected chi connectivity index (χ1v) is 8.03. The van der Waals surface area contributed by atoms with Crippen molar-refractivity contribution in [1.29, 1.82) is 0 Å². The summed E-state index contributed by atoms with van der Waals surface area (Å²) in [5, 5.41) is 10.2. The zero-order valence-electron chi connectivity index (χ0n) is 13.4. The fourth-order valence-electron chi connectivity index (χ4n) is 2.44. The maximum absolute atomic E-state index is 14.3. The van der Waals surface area contributed by atoms with Gasteiger partial charge in [0.05, 0.1) is 0 Å². The number of hydrogen-bond donors (Lipinski definition) is 1. The van der Waals surface area contributed by atoms with Gasteiger partial charge in [0.15, 0.2) is 5.60 Å². The van der Waals surface area contributed by atoms with Gasteiger partial charge in [-0.1, -0.05) is 69.4 Å². The van der Waals surface area contributed by atoms with Crippen LogP contribution in [0, 0.1) is 0 Å². The van der Waals surface area contributed by atoms with Gasteiger partial charge in [-0.3, -0.25) is 4.79 Å². The van der Waals surface area contributed by atoms with E-state index in [1.165, 1.54) is 12.1 Å². The summed E-state index contributed by atoms with van der Waals surface area (Å²) >= 11 is 0. The highest BCUT2D eigenvalue weighted by molar-refractivity contribution is 5.87. The normalized spacial score (nSPS) is 14.6. The summed E-state index contributed by atoms with van der Waals surface area (Å²) < 4.78 is 28.6. The van der Waals surface area contributed by atoms with Gasteiger partial charge >= 0.3 is 5.92 Å². The molecule has 0 bridgehead atoms. The molecule has 0 amide bonds. The Hall–Kier alpha value is -1.29. The molecule has 0 aromatic heterocycles. The Morgan fingerprint density at radius 1 is 1.05 bits per heavy atom. The maximum atomic E-state index is 14.3. The van der Waals surface area contributed by atoms with Crippen molar-refractivity contribution >= 4 is 5.78 Å². The third-order valence-corrected chi connectivity index (χ3v) is 4.05. The molecule has 0 aliphatic heterocycles. The van der Waals surface area contributed by atoms with Crippen LogP contribution in [0.5, 0.6) is 0 Å². The second-order valence-corrected chi connectivity index (χ2v) is 5.95. The molecule has 2 nitrogen and oxygen atoms in total. The average Bonchev–Trinajstić information content (AvgIpc) is 2.51. The number of carbonyl (C=O) groups excluding carboxylic acids is 1. The zero-order chi connectivity index (χ0) is 16.6. The van der Waals surface area contributed by atoms with Crippen molar-refractivity contribution < 1.29 is 18.7 Å². The molecule has 0 saturated heterocycles. The lowest BCUT2D eigenvalue weighted by molar-refractivity contribution is -0.189.